The highest BCUT2D eigenvalue weighted by molar-refractivity contribution is 5.93. The summed E-state index contributed by atoms with van der Waals surface area (Å²) in [5.41, 5.74) is 7.40. The average molecular weight is 385 g/mol. The standard InChI is InChI=1S/C21H19N7O/c1-13(29)24-15-6-8-16(9-7-15)25-18-12-19(28-21(22)27-18)26-20-17-5-3-2-4-14(17)10-11-23-20/h2-12H,1H3,(H,24,29)(H4,22,23,25,26,27,28). The molecular formula is C21H19N7O. The van der Waals surface area contributed by atoms with Gasteiger partial charge in [-0.1, -0.05) is 24.3 Å². The lowest BCUT2D eigenvalue weighted by molar-refractivity contribution is -0.114. The molecule has 0 atom stereocenters. The van der Waals surface area contributed by atoms with E-state index in [1.54, 1.807) is 24.4 Å². The van der Waals surface area contributed by atoms with Crippen molar-refractivity contribution in [1.29, 1.82) is 0 Å². The van der Waals surface area contributed by atoms with Crippen LogP contribution in [0.1, 0.15) is 6.92 Å². The van der Waals surface area contributed by atoms with E-state index in [0.717, 1.165) is 22.1 Å². The van der Waals surface area contributed by atoms with Gasteiger partial charge in [0.15, 0.2) is 0 Å². The zero-order valence-electron chi connectivity index (χ0n) is 15.7. The SMILES string of the molecule is CC(=O)Nc1ccc(Nc2cc(Nc3nccc4ccccc34)nc(N)n2)cc1. The van der Waals surface area contributed by atoms with Crippen LogP contribution in [0.15, 0.2) is 66.9 Å². The van der Waals surface area contributed by atoms with E-state index in [4.69, 9.17) is 5.73 Å². The molecule has 4 aromatic rings. The van der Waals surface area contributed by atoms with Gasteiger partial charge in [-0.25, -0.2) is 4.98 Å². The number of nitrogen functional groups attached to an aromatic ring is 1. The number of carbonyl (C=O) groups is 1. The Labute approximate surface area is 167 Å². The van der Waals surface area contributed by atoms with E-state index >= 15 is 0 Å². The molecule has 2 heterocycles. The molecule has 1 amide bonds. The van der Waals surface area contributed by atoms with Gasteiger partial charge in [0.1, 0.15) is 17.5 Å². The number of hydrogen-bond donors (Lipinski definition) is 4. The van der Waals surface area contributed by atoms with Gasteiger partial charge in [-0.2, -0.15) is 9.97 Å². The highest BCUT2D eigenvalue weighted by Crippen LogP contribution is 2.25. The highest BCUT2D eigenvalue weighted by Gasteiger charge is 2.07. The van der Waals surface area contributed by atoms with Gasteiger partial charge < -0.3 is 21.7 Å². The maximum absolute atomic E-state index is 11.1. The molecule has 0 aliphatic carbocycles. The predicted molar refractivity (Wildman–Crippen MR) is 115 cm³/mol. The second-order valence-electron chi connectivity index (χ2n) is 6.39. The average Bonchev–Trinajstić information content (AvgIpc) is 2.69. The number of nitrogens with one attached hydrogen (secondary N) is 3. The van der Waals surface area contributed by atoms with Crippen molar-refractivity contribution in [3.63, 3.8) is 0 Å². The maximum Gasteiger partial charge on any atom is 0.223 e. The molecule has 4 rings (SSSR count). The van der Waals surface area contributed by atoms with Gasteiger partial charge in [0, 0.05) is 35.9 Å². The number of anilines is 6. The van der Waals surface area contributed by atoms with Gasteiger partial charge in [-0.15, -0.1) is 0 Å². The first-order valence-corrected chi connectivity index (χ1v) is 8.97. The molecule has 5 N–H and O–H groups in total. The summed E-state index contributed by atoms with van der Waals surface area (Å²) < 4.78 is 0. The largest absolute Gasteiger partial charge is 0.368 e. The summed E-state index contributed by atoms with van der Waals surface area (Å²) >= 11 is 0. The lowest BCUT2D eigenvalue weighted by atomic mass is 10.1. The molecule has 0 fully saturated rings. The van der Waals surface area contributed by atoms with Gasteiger partial charge in [0.05, 0.1) is 0 Å². The summed E-state index contributed by atoms with van der Waals surface area (Å²) in [4.78, 5) is 24.0. The Morgan fingerprint density at radius 1 is 0.897 bits per heavy atom. The number of nitrogens with zero attached hydrogens (tertiary/aromatic N) is 3. The molecule has 0 unspecified atom stereocenters. The fourth-order valence-electron chi connectivity index (χ4n) is 2.92. The molecular weight excluding hydrogens is 366 g/mol. The van der Waals surface area contributed by atoms with E-state index in [1.807, 2.05) is 42.5 Å². The minimum Gasteiger partial charge on any atom is -0.368 e. The molecule has 144 valence electrons. The van der Waals surface area contributed by atoms with E-state index in [9.17, 15) is 4.79 Å². The summed E-state index contributed by atoms with van der Waals surface area (Å²) in [6.45, 7) is 1.47. The van der Waals surface area contributed by atoms with Gasteiger partial charge in [-0.05, 0) is 35.7 Å². The number of amides is 1. The van der Waals surface area contributed by atoms with Crippen LogP contribution in [0, 0.1) is 0 Å². The number of carbonyl (C=O) groups excluding carboxylic acids is 1. The molecule has 0 spiro atoms. The number of hydrogen-bond acceptors (Lipinski definition) is 7. The second-order valence-corrected chi connectivity index (χ2v) is 6.39. The van der Waals surface area contributed by atoms with Crippen molar-refractivity contribution in [3.8, 4) is 0 Å². The lowest BCUT2D eigenvalue weighted by Crippen LogP contribution is -2.06. The third-order valence-electron chi connectivity index (χ3n) is 4.14. The molecule has 2 aromatic carbocycles. The van der Waals surface area contributed by atoms with Crippen molar-refractivity contribution >= 4 is 51.5 Å². The van der Waals surface area contributed by atoms with Crippen LogP contribution in [0.2, 0.25) is 0 Å². The van der Waals surface area contributed by atoms with Gasteiger partial charge in [0.2, 0.25) is 11.9 Å². The fraction of sp³-hybridized carbons (Fsp3) is 0.0476. The van der Waals surface area contributed by atoms with Crippen LogP contribution < -0.4 is 21.7 Å². The van der Waals surface area contributed by atoms with Crippen LogP contribution in [-0.4, -0.2) is 20.9 Å². The van der Waals surface area contributed by atoms with Crippen LogP contribution in [0.3, 0.4) is 0 Å². The summed E-state index contributed by atoms with van der Waals surface area (Å²) in [5, 5.41) is 11.2. The Kier molecular flexibility index (Phi) is 4.90. The van der Waals surface area contributed by atoms with Crippen LogP contribution in [0.25, 0.3) is 10.8 Å². The van der Waals surface area contributed by atoms with Crippen molar-refractivity contribution in [1.82, 2.24) is 15.0 Å². The predicted octanol–water partition coefficient (Wildman–Crippen LogP) is 4.05. The molecule has 2 aromatic heterocycles. The van der Waals surface area contributed by atoms with Gasteiger partial charge >= 0.3 is 0 Å². The van der Waals surface area contributed by atoms with Crippen molar-refractivity contribution in [2.75, 3.05) is 21.7 Å². The molecule has 0 aliphatic rings. The summed E-state index contributed by atoms with van der Waals surface area (Å²) in [6.07, 6.45) is 1.74. The molecule has 0 bridgehead atoms. The number of nitrogens with two attached hydrogens (primary N) is 1. The third kappa shape index (κ3) is 4.38. The number of aromatic nitrogens is 3. The van der Waals surface area contributed by atoms with E-state index in [2.05, 4.69) is 30.9 Å². The van der Waals surface area contributed by atoms with E-state index in [0.29, 0.717) is 17.5 Å². The normalized spacial score (nSPS) is 10.5. The first kappa shape index (κ1) is 18.2. The Bertz CT molecular complexity index is 1170. The fourth-order valence-corrected chi connectivity index (χ4v) is 2.92. The molecule has 29 heavy (non-hydrogen) atoms. The quantitative estimate of drug-likeness (QED) is 0.409. The van der Waals surface area contributed by atoms with Crippen molar-refractivity contribution in [2.24, 2.45) is 0 Å². The smallest absolute Gasteiger partial charge is 0.223 e. The minimum absolute atomic E-state index is 0.118. The van der Waals surface area contributed by atoms with Crippen molar-refractivity contribution in [2.45, 2.75) is 6.92 Å². The monoisotopic (exact) mass is 385 g/mol. The van der Waals surface area contributed by atoms with Crippen LogP contribution in [0.4, 0.5) is 34.8 Å². The molecule has 0 aliphatic heterocycles. The number of benzene rings is 2. The Balaban J connectivity index is 1.57. The Morgan fingerprint density at radius 3 is 2.34 bits per heavy atom. The second kappa shape index (κ2) is 7.81. The Morgan fingerprint density at radius 2 is 1.59 bits per heavy atom. The summed E-state index contributed by atoms with van der Waals surface area (Å²) in [7, 11) is 0. The lowest BCUT2D eigenvalue weighted by Gasteiger charge is -2.11. The van der Waals surface area contributed by atoms with Crippen LogP contribution in [-0.2, 0) is 4.79 Å². The van der Waals surface area contributed by atoms with E-state index < -0.39 is 0 Å². The van der Waals surface area contributed by atoms with Crippen LogP contribution >= 0.6 is 0 Å². The molecule has 8 heteroatoms. The summed E-state index contributed by atoms with van der Waals surface area (Å²) in [5.74, 6) is 1.76. The number of fused-ring (bicyclic) bond motifs is 1. The molecule has 8 nitrogen and oxygen atoms in total. The minimum atomic E-state index is -0.118. The van der Waals surface area contributed by atoms with E-state index in [1.165, 1.54) is 6.92 Å². The van der Waals surface area contributed by atoms with E-state index in [-0.39, 0.29) is 11.9 Å². The number of pyridine rings is 1. The highest BCUT2D eigenvalue weighted by atomic mass is 16.1. The summed E-state index contributed by atoms with van der Waals surface area (Å²) in [6, 6.07) is 18.9. The number of rotatable bonds is 5. The van der Waals surface area contributed by atoms with Crippen molar-refractivity contribution < 1.29 is 4.79 Å². The van der Waals surface area contributed by atoms with Crippen LogP contribution in [0.5, 0.6) is 0 Å². The topological polar surface area (TPSA) is 118 Å². The third-order valence-corrected chi connectivity index (χ3v) is 4.14. The van der Waals surface area contributed by atoms with Crippen molar-refractivity contribution in [3.05, 3.63) is 66.9 Å². The first-order chi connectivity index (χ1) is 14.1. The molecule has 0 saturated heterocycles. The first-order valence-electron chi connectivity index (χ1n) is 8.97. The molecule has 0 radical (unpaired) electrons. The zero-order valence-corrected chi connectivity index (χ0v) is 15.7. The zero-order chi connectivity index (χ0) is 20.2. The van der Waals surface area contributed by atoms with Gasteiger partial charge in [-0.3, -0.25) is 4.79 Å². The Hall–Kier alpha value is -4.20. The molecule has 0 saturated carbocycles. The maximum atomic E-state index is 11.1. The van der Waals surface area contributed by atoms with Gasteiger partial charge in [0.25, 0.3) is 0 Å².